The fraction of sp³-hybridized carbons (Fsp3) is 0.417. The van der Waals surface area contributed by atoms with E-state index in [1.807, 2.05) is 24.3 Å². The molecular weight excluding hydrogens is 412 g/mol. The quantitative estimate of drug-likeness (QED) is 0.678. The lowest BCUT2D eigenvalue weighted by Crippen LogP contribution is -2.43. The molecule has 4 rings (SSSR count). The van der Waals surface area contributed by atoms with Crippen LogP contribution in [-0.4, -0.2) is 44.2 Å². The van der Waals surface area contributed by atoms with Gasteiger partial charge in [-0.3, -0.25) is 4.79 Å². The Bertz CT molecular complexity index is 943. The van der Waals surface area contributed by atoms with E-state index in [1.165, 1.54) is 5.69 Å². The van der Waals surface area contributed by atoms with E-state index in [0.29, 0.717) is 22.0 Å². The molecule has 6 nitrogen and oxygen atoms in total. The van der Waals surface area contributed by atoms with Crippen LogP contribution in [0.3, 0.4) is 0 Å². The SMILES string of the molecule is [C-]#[N+]c1ccc(OC2CCC(NC(=O)c3ccc(N4CCNCC4)cc3)CC2)cc1Cl. The van der Waals surface area contributed by atoms with E-state index in [2.05, 4.69) is 20.4 Å². The van der Waals surface area contributed by atoms with Gasteiger partial charge in [0.25, 0.3) is 5.91 Å². The van der Waals surface area contributed by atoms with Gasteiger partial charge in [-0.25, -0.2) is 4.85 Å². The van der Waals surface area contributed by atoms with Gasteiger partial charge in [0.05, 0.1) is 17.7 Å². The minimum Gasteiger partial charge on any atom is -0.490 e. The van der Waals surface area contributed by atoms with Crippen molar-refractivity contribution < 1.29 is 9.53 Å². The fourth-order valence-corrected chi connectivity index (χ4v) is 4.40. The molecule has 0 aromatic heterocycles. The van der Waals surface area contributed by atoms with Crippen molar-refractivity contribution in [2.45, 2.75) is 37.8 Å². The molecule has 31 heavy (non-hydrogen) atoms. The van der Waals surface area contributed by atoms with Gasteiger partial charge in [0.1, 0.15) is 5.75 Å². The average Bonchev–Trinajstić information content (AvgIpc) is 2.81. The first-order chi connectivity index (χ1) is 15.1. The molecule has 7 heteroatoms. The number of nitrogens with one attached hydrogen (secondary N) is 2. The molecule has 162 valence electrons. The van der Waals surface area contributed by atoms with Gasteiger partial charge in [-0.05, 0) is 62.1 Å². The third-order valence-corrected chi connectivity index (χ3v) is 6.27. The zero-order valence-corrected chi connectivity index (χ0v) is 18.2. The summed E-state index contributed by atoms with van der Waals surface area (Å²) in [6, 6.07) is 13.2. The van der Waals surface area contributed by atoms with Gasteiger partial charge in [-0.15, -0.1) is 0 Å². The zero-order valence-electron chi connectivity index (χ0n) is 17.4. The highest BCUT2D eigenvalue weighted by Crippen LogP contribution is 2.31. The average molecular weight is 439 g/mol. The van der Waals surface area contributed by atoms with Crippen LogP contribution in [0.15, 0.2) is 42.5 Å². The molecule has 1 aliphatic heterocycles. The van der Waals surface area contributed by atoms with Crippen LogP contribution in [0.5, 0.6) is 5.75 Å². The zero-order chi connectivity index (χ0) is 21.6. The number of amides is 1. The fourth-order valence-electron chi connectivity index (χ4n) is 4.18. The van der Waals surface area contributed by atoms with E-state index in [4.69, 9.17) is 22.9 Å². The number of halogens is 1. The lowest BCUT2D eigenvalue weighted by molar-refractivity contribution is 0.0894. The molecule has 2 aromatic rings. The molecule has 1 saturated carbocycles. The van der Waals surface area contributed by atoms with Crippen LogP contribution >= 0.6 is 11.6 Å². The highest BCUT2D eigenvalue weighted by atomic mass is 35.5. The lowest BCUT2D eigenvalue weighted by atomic mass is 9.92. The molecule has 2 N–H and O–H groups in total. The topological polar surface area (TPSA) is 58.0 Å². The van der Waals surface area contributed by atoms with Gasteiger partial charge in [0, 0.05) is 43.5 Å². The maximum Gasteiger partial charge on any atom is 0.251 e. The van der Waals surface area contributed by atoms with E-state index >= 15 is 0 Å². The number of carbonyl (C=O) groups excluding carboxylic acids is 1. The molecule has 0 atom stereocenters. The number of anilines is 1. The summed E-state index contributed by atoms with van der Waals surface area (Å²) < 4.78 is 6.04. The van der Waals surface area contributed by atoms with Crippen molar-refractivity contribution >= 4 is 28.9 Å². The summed E-state index contributed by atoms with van der Waals surface area (Å²) in [7, 11) is 0. The molecule has 0 bridgehead atoms. The predicted molar refractivity (Wildman–Crippen MR) is 123 cm³/mol. The minimum absolute atomic E-state index is 0.0160. The van der Waals surface area contributed by atoms with Gasteiger partial charge in [0.15, 0.2) is 0 Å². The lowest BCUT2D eigenvalue weighted by Gasteiger charge is -2.30. The van der Waals surface area contributed by atoms with E-state index in [-0.39, 0.29) is 18.1 Å². The van der Waals surface area contributed by atoms with Crippen LogP contribution in [0.25, 0.3) is 4.85 Å². The second kappa shape index (κ2) is 10.0. The van der Waals surface area contributed by atoms with Crippen molar-refractivity contribution in [2.24, 2.45) is 0 Å². The maximum absolute atomic E-state index is 12.7. The monoisotopic (exact) mass is 438 g/mol. The van der Waals surface area contributed by atoms with Crippen molar-refractivity contribution in [3.63, 3.8) is 0 Å². The number of nitrogens with zero attached hydrogens (tertiary/aromatic N) is 2. The van der Waals surface area contributed by atoms with Crippen LogP contribution in [0.1, 0.15) is 36.0 Å². The first-order valence-corrected chi connectivity index (χ1v) is 11.2. The van der Waals surface area contributed by atoms with Gasteiger partial charge in [-0.2, -0.15) is 0 Å². The Hall–Kier alpha value is -2.75. The molecule has 1 saturated heterocycles. The normalized spacial score (nSPS) is 21.2. The van der Waals surface area contributed by atoms with Gasteiger partial charge < -0.3 is 20.3 Å². The molecule has 2 aliphatic rings. The summed E-state index contributed by atoms with van der Waals surface area (Å²) in [5, 5.41) is 6.94. The Kier molecular flexibility index (Phi) is 6.96. The third-order valence-electron chi connectivity index (χ3n) is 5.96. The Balaban J connectivity index is 1.25. The van der Waals surface area contributed by atoms with Gasteiger partial charge in [-0.1, -0.05) is 17.7 Å². The van der Waals surface area contributed by atoms with Crippen LogP contribution in [-0.2, 0) is 0 Å². The van der Waals surface area contributed by atoms with Crippen LogP contribution in [0, 0.1) is 6.57 Å². The Morgan fingerprint density at radius 1 is 1.10 bits per heavy atom. The number of piperazine rings is 1. The third kappa shape index (κ3) is 5.49. The molecule has 2 aromatic carbocycles. The summed E-state index contributed by atoms with van der Waals surface area (Å²) in [6.07, 6.45) is 3.59. The van der Waals surface area contributed by atoms with Crippen molar-refractivity contribution in [3.05, 3.63) is 64.5 Å². The van der Waals surface area contributed by atoms with Crippen LogP contribution < -0.4 is 20.3 Å². The van der Waals surface area contributed by atoms with E-state index in [1.54, 1.807) is 18.2 Å². The molecule has 0 spiro atoms. The Labute approximate surface area is 188 Å². The standard InChI is InChI=1S/C24H27ClN4O2/c1-26-23-11-10-21(16-22(23)25)31-20-8-4-18(5-9-20)28-24(30)17-2-6-19(7-3-17)29-14-12-27-13-15-29/h2-3,6-7,10-11,16,18,20,27H,4-5,8-9,12-15H2,(H,28,30). The second-order valence-corrected chi connectivity index (χ2v) is 8.48. The molecule has 1 heterocycles. The van der Waals surface area contributed by atoms with E-state index < -0.39 is 0 Å². The smallest absolute Gasteiger partial charge is 0.251 e. The van der Waals surface area contributed by atoms with Crippen LogP contribution in [0.4, 0.5) is 11.4 Å². The largest absolute Gasteiger partial charge is 0.490 e. The van der Waals surface area contributed by atoms with Gasteiger partial charge in [0.2, 0.25) is 5.69 Å². The molecule has 2 fully saturated rings. The Morgan fingerprint density at radius 2 is 1.81 bits per heavy atom. The second-order valence-electron chi connectivity index (χ2n) is 8.07. The minimum atomic E-state index is -0.0160. The van der Waals surface area contributed by atoms with Crippen molar-refractivity contribution in [2.75, 3.05) is 31.1 Å². The summed E-state index contributed by atoms with van der Waals surface area (Å²) in [4.78, 5) is 18.4. The number of hydrogen-bond donors (Lipinski definition) is 2. The highest BCUT2D eigenvalue weighted by Gasteiger charge is 2.24. The predicted octanol–water partition coefficient (Wildman–Crippen LogP) is 4.42. The van der Waals surface area contributed by atoms with Crippen molar-refractivity contribution in [1.82, 2.24) is 10.6 Å². The molecular formula is C24H27ClN4O2. The van der Waals surface area contributed by atoms with E-state index in [0.717, 1.165) is 51.9 Å². The number of benzene rings is 2. The maximum atomic E-state index is 12.7. The number of rotatable bonds is 5. The number of hydrogen-bond acceptors (Lipinski definition) is 4. The van der Waals surface area contributed by atoms with E-state index in [9.17, 15) is 4.79 Å². The molecule has 0 radical (unpaired) electrons. The van der Waals surface area contributed by atoms with Crippen molar-refractivity contribution in [1.29, 1.82) is 0 Å². The number of ether oxygens (including phenoxy) is 1. The van der Waals surface area contributed by atoms with Crippen molar-refractivity contribution in [3.8, 4) is 5.75 Å². The van der Waals surface area contributed by atoms with Gasteiger partial charge >= 0.3 is 0 Å². The number of carbonyl (C=O) groups is 1. The molecule has 1 amide bonds. The first kappa shape index (κ1) is 21.5. The molecule has 1 aliphatic carbocycles. The Morgan fingerprint density at radius 3 is 2.45 bits per heavy atom. The summed E-state index contributed by atoms with van der Waals surface area (Å²) in [6.45, 7) is 11.0. The highest BCUT2D eigenvalue weighted by molar-refractivity contribution is 6.33. The van der Waals surface area contributed by atoms with Crippen LogP contribution in [0.2, 0.25) is 5.02 Å². The summed E-state index contributed by atoms with van der Waals surface area (Å²) in [5.41, 5.74) is 2.30. The molecule has 0 unspecified atom stereocenters. The first-order valence-electron chi connectivity index (χ1n) is 10.8. The summed E-state index contributed by atoms with van der Waals surface area (Å²) in [5.74, 6) is 0.673. The summed E-state index contributed by atoms with van der Waals surface area (Å²) >= 11 is 6.09.